The second kappa shape index (κ2) is 3.43. The van der Waals surface area contributed by atoms with E-state index in [1.165, 1.54) is 23.1 Å². The van der Waals surface area contributed by atoms with Gasteiger partial charge in [0.15, 0.2) is 5.13 Å². The average Bonchev–Trinajstić information content (AvgIpc) is 2.44. The molecule has 0 saturated heterocycles. The van der Waals surface area contributed by atoms with Crippen LogP contribution in [0.5, 0.6) is 0 Å². The van der Waals surface area contributed by atoms with Crippen molar-refractivity contribution in [3.05, 3.63) is 10.6 Å². The Morgan fingerprint density at radius 3 is 3.15 bits per heavy atom. The predicted octanol–water partition coefficient (Wildman–Crippen LogP) is 0.762. The van der Waals surface area contributed by atoms with Gasteiger partial charge in [-0.05, 0) is 0 Å². The molecule has 1 aliphatic rings. The van der Waals surface area contributed by atoms with Crippen LogP contribution >= 0.6 is 11.3 Å². The molecule has 4 nitrogen and oxygen atoms in total. The molecule has 5 heteroatoms. The zero-order valence-corrected chi connectivity index (χ0v) is 8.15. The summed E-state index contributed by atoms with van der Waals surface area (Å²) >= 11 is 1.53. The maximum absolute atomic E-state index is 10.8. The number of nitrogens with zero attached hydrogens (tertiary/aromatic N) is 2. The zero-order valence-electron chi connectivity index (χ0n) is 7.33. The van der Waals surface area contributed by atoms with Crippen molar-refractivity contribution in [1.82, 2.24) is 10.3 Å². The van der Waals surface area contributed by atoms with Gasteiger partial charge >= 0.3 is 0 Å². The maximum Gasteiger partial charge on any atom is 0.223 e. The first kappa shape index (κ1) is 8.65. The third-order valence-electron chi connectivity index (χ3n) is 1.82. The van der Waals surface area contributed by atoms with Crippen molar-refractivity contribution in [2.24, 2.45) is 0 Å². The van der Waals surface area contributed by atoms with Crippen LogP contribution in [0.3, 0.4) is 0 Å². The lowest BCUT2D eigenvalue weighted by Crippen LogP contribution is -2.15. The Balaban J connectivity index is 2.20. The number of carbonyl (C=O) groups excluding carboxylic acids is 1. The van der Waals surface area contributed by atoms with Gasteiger partial charge in [-0.15, -0.1) is 11.3 Å². The molecule has 0 saturated carbocycles. The van der Waals surface area contributed by atoms with E-state index in [1.54, 1.807) is 0 Å². The van der Waals surface area contributed by atoms with E-state index in [4.69, 9.17) is 0 Å². The number of rotatable bonds is 1. The Morgan fingerprint density at radius 1 is 1.62 bits per heavy atom. The summed E-state index contributed by atoms with van der Waals surface area (Å²) in [5.41, 5.74) is 1.10. The fraction of sp³-hybridized carbons (Fsp3) is 0.500. The first-order chi connectivity index (χ1) is 6.25. The van der Waals surface area contributed by atoms with Crippen LogP contribution in [0.2, 0.25) is 0 Å². The summed E-state index contributed by atoms with van der Waals surface area (Å²) in [6.07, 6.45) is 0.908. The number of anilines is 1. The fourth-order valence-electron chi connectivity index (χ4n) is 1.27. The maximum atomic E-state index is 10.8. The minimum absolute atomic E-state index is 0.0666. The molecule has 2 rings (SSSR count). The van der Waals surface area contributed by atoms with Crippen molar-refractivity contribution in [1.29, 1.82) is 0 Å². The Bertz CT molecular complexity index is 311. The van der Waals surface area contributed by atoms with Crippen LogP contribution in [0.25, 0.3) is 0 Å². The standard InChI is InChI=1S/C8H10N3OS/c1-5(12)10-8-11-6-2-3-9-4-7(6)13-8/h2-4H2,1H3,(H,10,11,12). The number of nitrogens with one attached hydrogen (secondary N) is 1. The summed E-state index contributed by atoms with van der Waals surface area (Å²) < 4.78 is 0. The number of carbonyl (C=O) groups is 1. The number of hydrogen-bond acceptors (Lipinski definition) is 3. The van der Waals surface area contributed by atoms with Crippen LogP contribution in [0.1, 0.15) is 17.5 Å². The van der Waals surface area contributed by atoms with Gasteiger partial charge in [-0.2, -0.15) is 0 Å². The van der Waals surface area contributed by atoms with Gasteiger partial charge < -0.3 is 5.32 Å². The summed E-state index contributed by atoms with van der Waals surface area (Å²) in [6.45, 7) is 3.10. The van der Waals surface area contributed by atoms with E-state index in [0.717, 1.165) is 25.2 Å². The van der Waals surface area contributed by atoms with E-state index in [-0.39, 0.29) is 5.91 Å². The number of amides is 1. The number of fused-ring (bicyclic) bond motifs is 1. The molecule has 0 unspecified atom stereocenters. The summed E-state index contributed by atoms with van der Waals surface area (Å²) in [7, 11) is 0. The van der Waals surface area contributed by atoms with Crippen LogP contribution in [-0.2, 0) is 17.8 Å². The molecule has 1 amide bonds. The minimum Gasteiger partial charge on any atom is -0.302 e. The first-order valence-electron chi connectivity index (χ1n) is 4.15. The highest BCUT2D eigenvalue weighted by molar-refractivity contribution is 7.15. The monoisotopic (exact) mass is 196 g/mol. The molecule has 0 fully saturated rings. The number of aromatic nitrogens is 1. The van der Waals surface area contributed by atoms with Crippen molar-refractivity contribution < 1.29 is 4.79 Å². The summed E-state index contributed by atoms with van der Waals surface area (Å²) in [6, 6.07) is 0. The van der Waals surface area contributed by atoms with E-state index in [0.29, 0.717) is 5.13 Å². The van der Waals surface area contributed by atoms with Gasteiger partial charge in [-0.3, -0.25) is 4.79 Å². The second-order valence-corrected chi connectivity index (χ2v) is 4.01. The molecule has 1 aromatic rings. The zero-order chi connectivity index (χ0) is 9.26. The van der Waals surface area contributed by atoms with E-state index in [2.05, 4.69) is 15.6 Å². The van der Waals surface area contributed by atoms with Crippen molar-refractivity contribution in [3.8, 4) is 0 Å². The molecule has 0 atom stereocenters. The van der Waals surface area contributed by atoms with E-state index >= 15 is 0 Å². The molecule has 1 N–H and O–H groups in total. The highest BCUT2D eigenvalue weighted by Crippen LogP contribution is 2.25. The molecule has 1 radical (unpaired) electrons. The van der Waals surface area contributed by atoms with Crippen LogP contribution in [-0.4, -0.2) is 17.4 Å². The van der Waals surface area contributed by atoms with Gasteiger partial charge in [0.05, 0.1) is 5.69 Å². The molecule has 0 bridgehead atoms. The van der Waals surface area contributed by atoms with Gasteiger partial charge in [0.1, 0.15) is 0 Å². The van der Waals surface area contributed by atoms with Crippen LogP contribution in [0.15, 0.2) is 0 Å². The molecule has 1 aliphatic heterocycles. The molecule has 0 aromatic carbocycles. The van der Waals surface area contributed by atoms with Crippen LogP contribution in [0.4, 0.5) is 5.13 Å². The molecular formula is C8H10N3OS. The lowest BCUT2D eigenvalue weighted by atomic mass is 10.2. The van der Waals surface area contributed by atoms with Crippen LogP contribution < -0.4 is 10.6 Å². The highest BCUT2D eigenvalue weighted by Gasteiger charge is 2.15. The Hall–Kier alpha value is -0.940. The number of hydrogen-bond donors (Lipinski definition) is 1. The van der Waals surface area contributed by atoms with Crippen molar-refractivity contribution in [2.75, 3.05) is 11.9 Å². The fourth-order valence-corrected chi connectivity index (χ4v) is 2.28. The minimum atomic E-state index is -0.0666. The topological polar surface area (TPSA) is 56.1 Å². The molecule has 69 valence electrons. The highest BCUT2D eigenvalue weighted by atomic mass is 32.1. The molecule has 0 aliphatic carbocycles. The summed E-state index contributed by atoms with van der Waals surface area (Å²) in [5, 5.41) is 7.66. The third-order valence-corrected chi connectivity index (χ3v) is 2.82. The predicted molar refractivity (Wildman–Crippen MR) is 50.8 cm³/mol. The average molecular weight is 196 g/mol. The number of thiazole rings is 1. The quantitative estimate of drug-likeness (QED) is 0.721. The normalized spacial score (nSPS) is 15.2. The second-order valence-electron chi connectivity index (χ2n) is 2.93. The summed E-state index contributed by atoms with van der Waals surface area (Å²) in [5.74, 6) is -0.0666. The van der Waals surface area contributed by atoms with Gasteiger partial charge in [-0.25, -0.2) is 10.3 Å². The van der Waals surface area contributed by atoms with Gasteiger partial charge in [0.25, 0.3) is 0 Å². The van der Waals surface area contributed by atoms with Crippen LogP contribution in [0, 0.1) is 0 Å². The Kier molecular flexibility index (Phi) is 2.28. The molecule has 1 aromatic heterocycles. The Labute approximate surface area is 80.4 Å². The van der Waals surface area contributed by atoms with E-state index < -0.39 is 0 Å². The molecular weight excluding hydrogens is 186 g/mol. The van der Waals surface area contributed by atoms with E-state index in [1.807, 2.05) is 0 Å². The van der Waals surface area contributed by atoms with Gasteiger partial charge in [0, 0.05) is 31.3 Å². The summed E-state index contributed by atoms with van der Waals surface area (Å²) in [4.78, 5) is 16.3. The van der Waals surface area contributed by atoms with Crippen molar-refractivity contribution in [2.45, 2.75) is 19.9 Å². The van der Waals surface area contributed by atoms with Crippen molar-refractivity contribution in [3.63, 3.8) is 0 Å². The molecule has 13 heavy (non-hydrogen) atoms. The Morgan fingerprint density at radius 2 is 2.46 bits per heavy atom. The third kappa shape index (κ3) is 1.87. The lowest BCUT2D eigenvalue weighted by Gasteiger charge is -2.07. The van der Waals surface area contributed by atoms with E-state index in [9.17, 15) is 4.79 Å². The molecule has 0 spiro atoms. The lowest BCUT2D eigenvalue weighted by molar-refractivity contribution is -0.114. The largest absolute Gasteiger partial charge is 0.302 e. The smallest absolute Gasteiger partial charge is 0.223 e. The SMILES string of the molecule is CC(=O)Nc1nc2c(s1)C[N]CC2. The van der Waals surface area contributed by atoms with Gasteiger partial charge in [-0.1, -0.05) is 0 Å². The molecule has 2 heterocycles. The van der Waals surface area contributed by atoms with Gasteiger partial charge in [0.2, 0.25) is 5.91 Å². The van der Waals surface area contributed by atoms with Crippen molar-refractivity contribution >= 4 is 22.4 Å². The first-order valence-corrected chi connectivity index (χ1v) is 4.97.